The number of aliphatic carboxylic acids is 1. The Morgan fingerprint density at radius 3 is 2.63 bits per heavy atom. The summed E-state index contributed by atoms with van der Waals surface area (Å²) in [6.07, 6.45) is 5.78. The molecular weight excluding hydrogens is 246 g/mol. The van der Waals surface area contributed by atoms with E-state index in [2.05, 4.69) is 5.32 Å². The summed E-state index contributed by atoms with van der Waals surface area (Å²) in [7, 11) is 0. The van der Waals surface area contributed by atoms with Gasteiger partial charge in [-0.1, -0.05) is 12.8 Å². The van der Waals surface area contributed by atoms with Crippen LogP contribution in [0.25, 0.3) is 0 Å². The first-order valence-electron chi connectivity index (χ1n) is 7.14. The molecular formula is C13H23N3O3. The van der Waals surface area contributed by atoms with Gasteiger partial charge in [0.2, 0.25) is 0 Å². The van der Waals surface area contributed by atoms with Gasteiger partial charge in [-0.25, -0.2) is 9.59 Å². The van der Waals surface area contributed by atoms with E-state index < -0.39 is 12.0 Å². The van der Waals surface area contributed by atoms with Gasteiger partial charge < -0.3 is 21.1 Å². The molecule has 2 rings (SSSR count). The van der Waals surface area contributed by atoms with E-state index in [4.69, 9.17) is 5.73 Å². The maximum Gasteiger partial charge on any atom is 0.326 e. The number of nitrogens with one attached hydrogen (secondary N) is 1. The Labute approximate surface area is 113 Å². The van der Waals surface area contributed by atoms with Crippen molar-refractivity contribution >= 4 is 12.0 Å². The lowest BCUT2D eigenvalue weighted by atomic mass is 9.76. The molecule has 1 aliphatic heterocycles. The van der Waals surface area contributed by atoms with E-state index in [0.717, 1.165) is 25.7 Å². The van der Waals surface area contributed by atoms with Crippen LogP contribution in [-0.4, -0.2) is 47.2 Å². The SMILES string of the molecule is NCCNC(=O)N1C(C(=O)O)CCC2CCCCC21. The molecule has 6 heteroatoms. The third-order valence-electron chi connectivity index (χ3n) is 4.31. The Morgan fingerprint density at radius 1 is 1.21 bits per heavy atom. The minimum atomic E-state index is -0.896. The van der Waals surface area contributed by atoms with Crippen molar-refractivity contribution in [3.8, 4) is 0 Å². The highest BCUT2D eigenvalue weighted by molar-refractivity contribution is 5.83. The number of urea groups is 1. The second kappa shape index (κ2) is 6.23. The number of amides is 2. The summed E-state index contributed by atoms with van der Waals surface area (Å²) in [6.45, 7) is 0.754. The lowest BCUT2D eigenvalue weighted by molar-refractivity contribution is -0.145. The van der Waals surface area contributed by atoms with Gasteiger partial charge in [0.15, 0.2) is 0 Å². The van der Waals surface area contributed by atoms with Crippen molar-refractivity contribution < 1.29 is 14.7 Å². The van der Waals surface area contributed by atoms with Gasteiger partial charge in [0, 0.05) is 19.1 Å². The van der Waals surface area contributed by atoms with Gasteiger partial charge in [0.25, 0.3) is 0 Å². The fourth-order valence-corrected chi connectivity index (χ4v) is 3.44. The molecule has 3 atom stereocenters. The van der Waals surface area contributed by atoms with E-state index in [9.17, 15) is 14.7 Å². The number of carboxylic acids is 1. The summed E-state index contributed by atoms with van der Waals surface area (Å²) in [4.78, 5) is 25.2. The molecule has 19 heavy (non-hydrogen) atoms. The van der Waals surface area contributed by atoms with Gasteiger partial charge in [0.05, 0.1) is 0 Å². The first kappa shape index (κ1) is 14.1. The van der Waals surface area contributed by atoms with E-state index in [-0.39, 0.29) is 12.1 Å². The molecule has 0 spiro atoms. The molecule has 0 aromatic rings. The van der Waals surface area contributed by atoms with Crippen molar-refractivity contribution in [2.24, 2.45) is 11.7 Å². The van der Waals surface area contributed by atoms with Crippen molar-refractivity contribution in [2.45, 2.75) is 50.6 Å². The molecule has 0 aromatic heterocycles. The third-order valence-corrected chi connectivity index (χ3v) is 4.31. The highest BCUT2D eigenvalue weighted by Crippen LogP contribution is 2.37. The number of nitrogens with zero attached hydrogens (tertiary/aromatic N) is 1. The highest BCUT2D eigenvalue weighted by atomic mass is 16.4. The van der Waals surface area contributed by atoms with Crippen molar-refractivity contribution in [3.05, 3.63) is 0 Å². The fraction of sp³-hybridized carbons (Fsp3) is 0.846. The number of likely N-dealkylation sites (tertiary alicyclic amines) is 1. The van der Waals surface area contributed by atoms with E-state index in [0.29, 0.717) is 25.4 Å². The van der Waals surface area contributed by atoms with E-state index in [1.165, 1.54) is 6.42 Å². The lowest BCUT2D eigenvalue weighted by Crippen LogP contribution is -2.60. The molecule has 6 nitrogen and oxygen atoms in total. The molecule has 0 bridgehead atoms. The predicted molar refractivity (Wildman–Crippen MR) is 70.7 cm³/mol. The van der Waals surface area contributed by atoms with Crippen LogP contribution in [0, 0.1) is 5.92 Å². The average Bonchev–Trinajstić information content (AvgIpc) is 2.43. The minimum Gasteiger partial charge on any atom is -0.480 e. The van der Waals surface area contributed by atoms with Crippen LogP contribution in [0.15, 0.2) is 0 Å². The van der Waals surface area contributed by atoms with Gasteiger partial charge in [-0.15, -0.1) is 0 Å². The summed E-state index contributed by atoms with van der Waals surface area (Å²) in [5, 5.41) is 12.0. The summed E-state index contributed by atoms with van der Waals surface area (Å²) in [5.74, 6) is -0.431. The van der Waals surface area contributed by atoms with Gasteiger partial charge >= 0.3 is 12.0 Å². The average molecular weight is 269 g/mol. The number of carboxylic acid groups (broad SMARTS) is 1. The van der Waals surface area contributed by atoms with Crippen molar-refractivity contribution in [2.75, 3.05) is 13.1 Å². The van der Waals surface area contributed by atoms with Crippen molar-refractivity contribution in [3.63, 3.8) is 0 Å². The highest BCUT2D eigenvalue weighted by Gasteiger charge is 2.43. The number of rotatable bonds is 3. The molecule has 4 N–H and O–H groups in total. The van der Waals surface area contributed by atoms with E-state index in [1.807, 2.05) is 0 Å². The Morgan fingerprint density at radius 2 is 1.95 bits per heavy atom. The molecule has 1 aliphatic carbocycles. The van der Waals surface area contributed by atoms with Gasteiger partial charge in [-0.3, -0.25) is 0 Å². The van der Waals surface area contributed by atoms with Crippen LogP contribution in [0.5, 0.6) is 0 Å². The number of nitrogens with two attached hydrogens (primary N) is 1. The van der Waals surface area contributed by atoms with Gasteiger partial charge in [-0.05, 0) is 31.6 Å². The van der Waals surface area contributed by atoms with Gasteiger partial charge in [-0.2, -0.15) is 0 Å². The number of carbonyl (C=O) groups excluding carboxylic acids is 1. The monoisotopic (exact) mass is 269 g/mol. The standard InChI is InChI=1S/C13H23N3O3/c14-7-8-15-13(19)16-10-4-2-1-3-9(10)5-6-11(16)12(17)18/h9-11H,1-8,14H2,(H,15,19)(H,17,18). The van der Waals surface area contributed by atoms with Crippen LogP contribution in [0.1, 0.15) is 38.5 Å². The zero-order valence-corrected chi connectivity index (χ0v) is 11.2. The zero-order chi connectivity index (χ0) is 13.8. The molecule has 0 radical (unpaired) electrons. The Balaban J connectivity index is 2.14. The number of piperidine rings is 1. The summed E-state index contributed by atoms with van der Waals surface area (Å²) >= 11 is 0. The molecule has 1 saturated heterocycles. The Bertz CT molecular complexity index is 348. The van der Waals surface area contributed by atoms with Crippen molar-refractivity contribution in [1.29, 1.82) is 0 Å². The lowest BCUT2D eigenvalue weighted by Gasteiger charge is -2.46. The van der Waals surface area contributed by atoms with Crippen molar-refractivity contribution in [1.82, 2.24) is 10.2 Å². The molecule has 2 aliphatic rings. The first-order valence-corrected chi connectivity index (χ1v) is 7.14. The second-order valence-corrected chi connectivity index (χ2v) is 5.47. The maximum atomic E-state index is 12.2. The smallest absolute Gasteiger partial charge is 0.326 e. The number of carbonyl (C=O) groups is 2. The van der Waals surface area contributed by atoms with E-state index >= 15 is 0 Å². The van der Waals surface area contributed by atoms with E-state index in [1.54, 1.807) is 4.90 Å². The van der Waals surface area contributed by atoms with Crippen LogP contribution < -0.4 is 11.1 Å². The topological polar surface area (TPSA) is 95.7 Å². The maximum absolute atomic E-state index is 12.2. The molecule has 1 heterocycles. The first-order chi connectivity index (χ1) is 9.15. The quantitative estimate of drug-likeness (QED) is 0.705. The summed E-state index contributed by atoms with van der Waals surface area (Å²) in [6, 6.07) is -0.868. The Hall–Kier alpha value is -1.30. The number of fused-ring (bicyclic) bond motifs is 1. The van der Waals surface area contributed by atoms with Crippen LogP contribution in [0.3, 0.4) is 0 Å². The minimum absolute atomic E-state index is 0.0846. The largest absolute Gasteiger partial charge is 0.480 e. The normalized spacial score (nSPS) is 30.6. The van der Waals surface area contributed by atoms with Gasteiger partial charge in [0.1, 0.15) is 6.04 Å². The summed E-state index contributed by atoms with van der Waals surface area (Å²) < 4.78 is 0. The molecule has 3 unspecified atom stereocenters. The predicted octanol–water partition coefficient (Wildman–Crippen LogP) is 0.762. The van der Waals surface area contributed by atoms with Crippen LogP contribution in [0.4, 0.5) is 4.79 Å². The number of hydrogen-bond acceptors (Lipinski definition) is 3. The molecule has 1 saturated carbocycles. The molecule has 0 aromatic carbocycles. The molecule has 2 amide bonds. The second-order valence-electron chi connectivity index (χ2n) is 5.47. The third kappa shape index (κ3) is 3.00. The summed E-state index contributed by atoms with van der Waals surface area (Å²) in [5.41, 5.74) is 5.38. The van der Waals surface area contributed by atoms with Crippen LogP contribution in [-0.2, 0) is 4.79 Å². The molecule has 108 valence electrons. The molecule has 2 fully saturated rings. The van der Waals surface area contributed by atoms with Crippen LogP contribution >= 0.6 is 0 Å². The fourth-order valence-electron chi connectivity index (χ4n) is 3.44. The Kier molecular flexibility index (Phi) is 4.63. The number of hydrogen-bond donors (Lipinski definition) is 3. The van der Waals surface area contributed by atoms with Crippen LogP contribution in [0.2, 0.25) is 0 Å². The zero-order valence-electron chi connectivity index (χ0n) is 11.2.